The van der Waals surface area contributed by atoms with E-state index in [9.17, 15) is 31.2 Å². The highest BCUT2D eigenvalue weighted by Gasteiger charge is 2.43. The van der Waals surface area contributed by atoms with Gasteiger partial charge in [-0.3, -0.25) is 14.5 Å². The van der Waals surface area contributed by atoms with Crippen LogP contribution in [0.3, 0.4) is 0 Å². The second kappa shape index (κ2) is 9.19. The van der Waals surface area contributed by atoms with E-state index in [-0.39, 0.29) is 28.0 Å². The first-order valence-electron chi connectivity index (χ1n) is 9.44. The quantitative estimate of drug-likeness (QED) is 0.444. The van der Waals surface area contributed by atoms with Gasteiger partial charge in [-0.25, -0.2) is 9.69 Å². The van der Waals surface area contributed by atoms with Gasteiger partial charge in [0.15, 0.2) is 0 Å². The van der Waals surface area contributed by atoms with Crippen LogP contribution < -0.4 is 14.9 Å². The maximum absolute atomic E-state index is 13.0. The molecule has 1 aromatic heterocycles. The number of aromatic nitrogens is 1. The van der Waals surface area contributed by atoms with E-state index in [2.05, 4.69) is 15.0 Å². The molecule has 0 bridgehead atoms. The fourth-order valence-electron chi connectivity index (χ4n) is 3.18. The van der Waals surface area contributed by atoms with Crippen LogP contribution in [0.4, 0.5) is 29.3 Å². The monoisotopic (exact) mass is 503 g/mol. The molecule has 1 fully saturated rings. The lowest BCUT2D eigenvalue weighted by atomic mass is 9.93. The molecule has 2 aromatic rings. The molecule has 0 aliphatic carbocycles. The van der Waals surface area contributed by atoms with Gasteiger partial charge in [-0.1, -0.05) is 6.92 Å². The van der Waals surface area contributed by atoms with Crippen LogP contribution in [-0.4, -0.2) is 55.3 Å². The summed E-state index contributed by atoms with van der Waals surface area (Å²) in [5.41, 5.74) is -3.78. The number of nitrogens with zero attached hydrogens (tertiary/aromatic N) is 3. The first-order chi connectivity index (χ1) is 15.3. The molecule has 2 N–H and O–H groups in total. The highest BCUT2D eigenvalue weighted by atomic mass is 32.2. The number of amides is 3. The second-order valence-electron chi connectivity index (χ2n) is 7.28. The number of nitrogens with one attached hydrogen (secondary N) is 2. The van der Waals surface area contributed by atoms with Crippen molar-refractivity contribution in [1.82, 2.24) is 14.6 Å². The fraction of sp³-hybridized carbons (Fsp3) is 0.316. The Morgan fingerprint density at radius 3 is 2.39 bits per heavy atom. The molecular formula is C19H20F3N5O4S2. The van der Waals surface area contributed by atoms with Crippen LogP contribution >= 0.6 is 11.8 Å². The van der Waals surface area contributed by atoms with E-state index in [1.54, 1.807) is 6.92 Å². The normalized spacial score (nSPS) is 17.9. The van der Waals surface area contributed by atoms with Gasteiger partial charge in [0, 0.05) is 31.1 Å². The summed E-state index contributed by atoms with van der Waals surface area (Å²) in [6.45, 7) is 1.64. The van der Waals surface area contributed by atoms with E-state index in [0.29, 0.717) is 5.56 Å². The smallest absolute Gasteiger partial charge is 0.325 e. The Kier molecular flexibility index (Phi) is 6.91. The average Bonchev–Trinajstić information content (AvgIpc) is 3.01. The molecule has 0 saturated carbocycles. The van der Waals surface area contributed by atoms with E-state index in [1.165, 1.54) is 56.8 Å². The Balaban J connectivity index is 1.84. The third-order valence-corrected chi connectivity index (χ3v) is 7.04. The third kappa shape index (κ3) is 5.57. The largest absolute Gasteiger partial charge is 0.446 e. The lowest BCUT2D eigenvalue weighted by Crippen LogP contribution is -2.36. The van der Waals surface area contributed by atoms with E-state index in [4.69, 9.17) is 0 Å². The Hall–Kier alpha value is -2.84. The summed E-state index contributed by atoms with van der Waals surface area (Å²) < 4.78 is 65.4. The van der Waals surface area contributed by atoms with Crippen LogP contribution in [-0.2, 0) is 15.0 Å². The van der Waals surface area contributed by atoms with Crippen LogP contribution in [0.25, 0.3) is 0 Å². The Morgan fingerprint density at radius 2 is 1.82 bits per heavy atom. The standard InChI is InChI=1S/C19H20F3N5O4S2/c1-11(14-8-9-23-10-15(14)25-33(30,31)26(2)3)16-17(28)27(18(29)24-16)12-4-6-13(7-5-12)32-19(20,21)22/h4-11,16,25H,1-3H3,(H,24,29). The predicted molar refractivity (Wildman–Crippen MR) is 117 cm³/mol. The van der Waals surface area contributed by atoms with Crippen LogP contribution in [0.1, 0.15) is 18.4 Å². The molecule has 3 amide bonds. The maximum atomic E-state index is 13.0. The van der Waals surface area contributed by atoms with E-state index in [0.717, 1.165) is 9.21 Å². The van der Waals surface area contributed by atoms with Crippen molar-refractivity contribution in [1.29, 1.82) is 0 Å². The molecule has 1 aliphatic heterocycles. The zero-order chi connectivity index (χ0) is 24.6. The van der Waals surface area contributed by atoms with Gasteiger partial charge in [-0.05, 0) is 47.7 Å². The van der Waals surface area contributed by atoms with Crippen LogP contribution in [0, 0.1) is 0 Å². The summed E-state index contributed by atoms with van der Waals surface area (Å²) in [7, 11) is -1.16. The molecule has 178 valence electrons. The minimum Gasteiger partial charge on any atom is -0.325 e. The summed E-state index contributed by atoms with van der Waals surface area (Å²) in [5, 5.41) is 2.56. The number of benzene rings is 1. The first kappa shape index (κ1) is 24.8. The molecule has 2 heterocycles. The minimum atomic E-state index is -4.46. The van der Waals surface area contributed by atoms with Gasteiger partial charge < -0.3 is 5.32 Å². The molecule has 2 unspecified atom stereocenters. The third-order valence-electron chi connectivity index (χ3n) is 4.86. The van der Waals surface area contributed by atoms with Gasteiger partial charge in [-0.15, -0.1) is 0 Å². The highest BCUT2D eigenvalue weighted by Crippen LogP contribution is 2.38. The molecule has 33 heavy (non-hydrogen) atoms. The second-order valence-corrected chi connectivity index (χ2v) is 10.3. The number of anilines is 2. The summed E-state index contributed by atoms with van der Waals surface area (Å²) in [4.78, 5) is 30.2. The maximum Gasteiger partial charge on any atom is 0.446 e. The van der Waals surface area contributed by atoms with Gasteiger partial charge in [-0.2, -0.15) is 25.9 Å². The first-order valence-corrected chi connectivity index (χ1v) is 11.7. The molecule has 2 atom stereocenters. The van der Waals surface area contributed by atoms with Crippen LogP contribution in [0.15, 0.2) is 47.6 Å². The summed E-state index contributed by atoms with van der Waals surface area (Å²) in [6, 6.07) is 4.60. The van der Waals surface area contributed by atoms with Crippen molar-refractivity contribution in [3.05, 3.63) is 48.3 Å². The minimum absolute atomic E-state index is 0.0853. The highest BCUT2D eigenvalue weighted by molar-refractivity contribution is 8.00. The van der Waals surface area contributed by atoms with Gasteiger partial charge >= 0.3 is 21.7 Å². The zero-order valence-corrected chi connectivity index (χ0v) is 19.3. The van der Waals surface area contributed by atoms with E-state index >= 15 is 0 Å². The number of pyridine rings is 1. The van der Waals surface area contributed by atoms with Crippen LogP contribution in [0.2, 0.25) is 0 Å². The summed E-state index contributed by atoms with van der Waals surface area (Å²) in [5.74, 6) is -1.28. The zero-order valence-electron chi connectivity index (χ0n) is 17.6. The van der Waals surface area contributed by atoms with E-state index in [1.807, 2.05) is 0 Å². The number of rotatable bonds is 7. The number of hydrogen-bond acceptors (Lipinski definition) is 6. The lowest BCUT2D eigenvalue weighted by Gasteiger charge is -2.22. The molecule has 3 rings (SSSR count). The average molecular weight is 504 g/mol. The summed E-state index contributed by atoms with van der Waals surface area (Å²) in [6.07, 6.45) is 2.72. The number of urea groups is 1. The van der Waals surface area contributed by atoms with Crippen molar-refractivity contribution in [2.45, 2.75) is 29.3 Å². The van der Waals surface area contributed by atoms with E-state index < -0.39 is 39.6 Å². The van der Waals surface area contributed by atoms with Crippen molar-refractivity contribution in [3.8, 4) is 0 Å². The fourth-order valence-corrected chi connectivity index (χ4v) is 4.35. The van der Waals surface area contributed by atoms with Crippen molar-refractivity contribution in [2.75, 3.05) is 23.7 Å². The number of thioether (sulfide) groups is 1. The molecule has 1 saturated heterocycles. The molecule has 1 aliphatic rings. The summed E-state index contributed by atoms with van der Waals surface area (Å²) >= 11 is -0.305. The molecule has 0 radical (unpaired) electrons. The Labute approximate surface area is 192 Å². The topological polar surface area (TPSA) is 112 Å². The van der Waals surface area contributed by atoms with Gasteiger partial charge in [0.05, 0.1) is 17.6 Å². The molecule has 1 aromatic carbocycles. The molecule has 9 nitrogen and oxygen atoms in total. The molecule has 0 spiro atoms. The number of imide groups is 1. The number of carbonyl (C=O) groups excluding carboxylic acids is 2. The van der Waals surface area contributed by atoms with Crippen LogP contribution in [0.5, 0.6) is 0 Å². The van der Waals surface area contributed by atoms with Crippen molar-refractivity contribution in [3.63, 3.8) is 0 Å². The Bertz CT molecular complexity index is 1160. The SMILES string of the molecule is CC(c1ccncc1NS(=O)(=O)N(C)C)C1NC(=O)N(c2ccc(SC(F)(F)F)cc2)C1=O. The van der Waals surface area contributed by atoms with Gasteiger partial charge in [0.25, 0.3) is 5.91 Å². The van der Waals surface area contributed by atoms with Crippen molar-refractivity contribution in [2.24, 2.45) is 0 Å². The number of hydrogen-bond donors (Lipinski definition) is 2. The van der Waals surface area contributed by atoms with Gasteiger partial charge in [0.2, 0.25) is 0 Å². The molecule has 14 heteroatoms. The number of carbonyl (C=O) groups is 2. The Morgan fingerprint density at radius 1 is 1.18 bits per heavy atom. The van der Waals surface area contributed by atoms with Crippen molar-refractivity contribution < 1.29 is 31.2 Å². The number of halogens is 3. The van der Waals surface area contributed by atoms with Gasteiger partial charge in [0.1, 0.15) is 6.04 Å². The molecular weight excluding hydrogens is 483 g/mol. The van der Waals surface area contributed by atoms with Crippen molar-refractivity contribution >= 4 is 45.3 Å². The predicted octanol–water partition coefficient (Wildman–Crippen LogP) is 3.14. The number of alkyl halides is 3. The lowest BCUT2D eigenvalue weighted by molar-refractivity contribution is -0.118.